The summed E-state index contributed by atoms with van der Waals surface area (Å²) in [5, 5.41) is 19.5. The minimum atomic E-state index is -0.344. The molecule has 2 aromatic heterocycles. The third-order valence-corrected chi connectivity index (χ3v) is 3.20. The van der Waals surface area contributed by atoms with Crippen molar-refractivity contribution in [1.29, 1.82) is 5.26 Å². The molecular weight excluding hydrogens is 252 g/mol. The fourth-order valence-corrected chi connectivity index (χ4v) is 2.27. The molecule has 0 saturated heterocycles. The van der Waals surface area contributed by atoms with E-state index in [0.717, 1.165) is 0 Å². The third-order valence-electron chi connectivity index (χ3n) is 3.20. The highest BCUT2D eigenvalue weighted by Gasteiger charge is 2.18. The molecule has 3 rings (SSSR count). The average molecular weight is 262 g/mol. The molecule has 0 radical (unpaired) electrons. The van der Waals surface area contributed by atoms with E-state index in [1.165, 1.54) is 4.40 Å². The van der Waals surface area contributed by atoms with Crippen molar-refractivity contribution in [3.8, 4) is 22.9 Å². The summed E-state index contributed by atoms with van der Waals surface area (Å²) < 4.78 is 1.38. The van der Waals surface area contributed by atoms with Crippen LogP contribution in [-0.4, -0.2) is 9.51 Å². The van der Waals surface area contributed by atoms with Crippen molar-refractivity contribution in [2.45, 2.75) is 0 Å². The molecule has 0 amide bonds. The summed E-state index contributed by atoms with van der Waals surface area (Å²) in [6, 6.07) is 15.9. The predicted molar refractivity (Wildman–Crippen MR) is 75.5 cm³/mol. The topological polar surface area (TPSA) is 65.5 Å². The molecule has 1 N–H and O–H groups in total. The summed E-state index contributed by atoms with van der Waals surface area (Å²) in [5.74, 6) is -0.269. The number of nitriles is 1. The minimum absolute atomic E-state index is 0.101. The number of pyridine rings is 2. The molecule has 0 atom stereocenters. The number of fused-ring (bicyclic) bond motifs is 1. The summed E-state index contributed by atoms with van der Waals surface area (Å²) in [6.07, 6.45) is 1.59. The number of hydrogen-bond donors (Lipinski definition) is 1. The third kappa shape index (κ3) is 1.65. The Morgan fingerprint density at radius 2 is 1.75 bits per heavy atom. The van der Waals surface area contributed by atoms with Crippen molar-refractivity contribution in [3.63, 3.8) is 0 Å². The molecule has 96 valence electrons. The lowest BCUT2D eigenvalue weighted by Crippen LogP contribution is -2.16. The Hall–Kier alpha value is -3.06. The summed E-state index contributed by atoms with van der Waals surface area (Å²) in [7, 11) is 0. The van der Waals surface area contributed by atoms with Crippen LogP contribution in [0.1, 0.15) is 5.56 Å². The van der Waals surface area contributed by atoms with Crippen LogP contribution in [-0.2, 0) is 0 Å². The number of hydrogen-bond acceptors (Lipinski definition) is 3. The number of aromatic nitrogens is 1. The molecule has 0 fully saturated rings. The van der Waals surface area contributed by atoms with E-state index in [1.54, 1.807) is 48.7 Å². The van der Waals surface area contributed by atoms with E-state index in [1.807, 2.05) is 12.1 Å². The fourth-order valence-electron chi connectivity index (χ4n) is 2.27. The van der Waals surface area contributed by atoms with Gasteiger partial charge >= 0.3 is 0 Å². The van der Waals surface area contributed by atoms with E-state index in [0.29, 0.717) is 11.1 Å². The van der Waals surface area contributed by atoms with Gasteiger partial charge in [0.2, 0.25) is 0 Å². The second kappa shape index (κ2) is 4.56. The maximum absolute atomic E-state index is 12.5. The van der Waals surface area contributed by atoms with Gasteiger partial charge in [-0.25, -0.2) is 0 Å². The molecule has 0 aliphatic rings. The van der Waals surface area contributed by atoms with Gasteiger partial charge in [0.25, 0.3) is 5.56 Å². The summed E-state index contributed by atoms with van der Waals surface area (Å²) >= 11 is 0. The molecule has 0 spiro atoms. The van der Waals surface area contributed by atoms with Crippen LogP contribution in [0.3, 0.4) is 0 Å². The van der Waals surface area contributed by atoms with E-state index in [-0.39, 0.29) is 22.4 Å². The Balaban J connectivity index is 2.52. The van der Waals surface area contributed by atoms with Crippen LogP contribution in [0, 0.1) is 11.3 Å². The second-order valence-electron chi connectivity index (χ2n) is 4.34. The maximum atomic E-state index is 12.5. The van der Waals surface area contributed by atoms with Gasteiger partial charge in [-0.05, 0) is 17.7 Å². The van der Waals surface area contributed by atoms with Gasteiger partial charge in [0.1, 0.15) is 17.4 Å². The van der Waals surface area contributed by atoms with Crippen molar-refractivity contribution in [2.75, 3.05) is 0 Å². The van der Waals surface area contributed by atoms with Crippen LogP contribution in [0.2, 0.25) is 0 Å². The Bertz CT molecular complexity index is 890. The highest BCUT2D eigenvalue weighted by Crippen LogP contribution is 2.30. The molecule has 3 aromatic rings. The highest BCUT2D eigenvalue weighted by atomic mass is 16.3. The molecule has 0 unspecified atom stereocenters. The number of benzene rings is 1. The number of aromatic hydroxyl groups is 1. The SMILES string of the molecule is N#Cc1c(O)c(-c2ccccc2)c(=O)n2ccccc12. The fraction of sp³-hybridized carbons (Fsp3) is 0. The van der Waals surface area contributed by atoms with Crippen molar-refractivity contribution in [3.05, 3.63) is 70.6 Å². The number of rotatable bonds is 1. The number of nitrogens with zero attached hydrogens (tertiary/aromatic N) is 2. The van der Waals surface area contributed by atoms with E-state index in [9.17, 15) is 15.2 Å². The lowest BCUT2D eigenvalue weighted by molar-refractivity contribution is 0.474. The van der Waals surface area contributed by atoms with Crippen molar-refractivity contribution in [2.24, 2.45) is 0 Å². The Morgan fingerprint density at radius 1 is 1.05 bits per heavy atom. The lowest BCUT2D eigenvalue weighted by Gasteiger charge is -2.10. The molecule has 0 saturated carbocycles. The van der Waals surface area contributed by atoms with Gasteiger partial charge < -0.3 is 5.11 Å². The zero-order chi connectivity index (χ0) is 14.1. The monoisotopic (exact) mass is 262 g/mol. The zero-order valence-corrected chi connectivity index (χ0v) is 10.4. The lowest BCUT2D eigenvalue weighted by atomic mass is 10.0. The van der Waals surface area contributed by atoms with Crippen LogP contribution >= 0.6 is 0 Å². The van der Waals surface area contributed by atoms with E-state index in [4.69, 9.17) is 0 Å². The first-order valence-corrected chi connectivity index (χ1v) is 6.06. The van der Waals surface area contributed by atoms with Gasteiger partial charge in [-0.2, -0.15) is 5.26 Å². The van der Waals surface area contributed by atoms with E-state index < -0.39 is 0 Å². The zero-order valence-electron chi connectivity index (χ0n) is 10.4. The smallest absolute Gasteiger partial charge is 0.266 e. The highest BCUT2D eigenvalue weighted by molar-refractivity contribution is 5.78. The van der Waals surface area contributed by atoms with E-state index in [2.05, 4.69) is 0 Å². The first kappa shape index (κ1) is 12.0. The molecule has 0 bridgehead atoms. The van der Waals surface area contributed by atoms with Gasteiger partial charge in [0.15, 0.2) is 0 Å². The van der Waals surface area contributed by atoms with Gasteiger partial charge in [-0.3, -0.25) is 9.20 Å². The predicted octanol–water partition coefficient (Wildman–Crippen LogP) is 2.54. The van der Waals surface area contributed by atoms with Crippen LogP contribution < -0.4 is 5.56 Å². The molecule has 4 nitrogen and oxygen atoms in total. The Labute approximate surface area is 114 Å². The van der Waals surface area contributed by atoms with Gasteiger partial charge in [0, 0.05) is 6.20 Å². The summed E-state index contributed by atoms with van der Waals surface area (Å²) in [5.41, 5.74) is 0.889. The van der Waals surface area contributed by atoms with Crippen molar-refractivity contribution in [1.82, 2.24) is 4.40 Å². The van der Waals surface area contributed by atoms with Crippen LogP contribution in [0.4, 0.5) is 0 Å². The van der Waals surface area contributed by atoms with Crippen molar-refractivity contribution < 1.29 is 5.11 Å². The Morgan fingerprint density at radius 3 is 2.45 bits per heavy atom. The van der Waals surface area contributed by atoms with E-state index >= 15 is 0 Å². The molecule has 20 heavy (non-hydrogen) atoms. The summed E-state index contributed by atoms with van der Waals surface area (Å²) in [4.78, 5) is 12.5. The van der Waals surface area contributed by atoms with Crippen LogP contribution in [0.25, 0.3) is 16.6 Å². The molecular formula is C16H10N2O2. The first-order valence-electron chi connectivity index (χ1n) is 6.06. The quantitative estimate of drug-likeness (QED) is 0.733. The van der Waals surface area contributed by atoms with Gasteiger partial charge in [0.05, 0.1) is 11.1 Å². The molecule has 0 aliphatic carbocycles. The average Bonchev–Trinajstić information content (AvgIpc) is 2.49. The largest absolute Gasteiger partial charge is 0.506 e. The molecule has 2 heterocycles. The minimum Gasteiger partial charge on any atom is -0.506 e. The Kier molecular flexibility index (Phi) is 2.73. The molecule has 4 heteroatoms. The normalized spacial score (nSPS) is 10.3. The second-order valence-corrected chi connectivity index (χ2v) is 4.34. The molecule has 0 aliphatic heterocycles. The van der Waals surface area contributed by atoms with Crippen LogP contribution in [0.5, 0.6) is 5.75 Å². The maximum Gasteiger partial charge on any atom is 0.266 e. The van der Waals surface area contributed by atoms with Crippen LogP contribution in [0.15, 0.2) is 59.5 Å². The van der Waals surface area contributed by atoms with Gasteiger partial charge in [-0.15, -0.1) is 0 Å². The molecule has 1 aromatic carbocycles. The summed E-state index contributed by atoms with van der Waals surface area (Å²) in [6.45, 7) is 0. The van der Waals surface area contributed by atoms with Crippen molar-refractivity contribution >= 4 is 5.52 Å². The standard InChI is InChI=1S/C16H10N2O2/c17-10-12-13-8-4-5-9-18(13)16(20)14(15(12)19)11-6-2-1-3-7-11/h1-9,19H. The first-order chi connectivity index (χ1) is 9.74. The van der Waals surface area contributed by atoms with Gasteiger partial charge in [-0.1, -0.05) is 36.4 Å².